The number of thiophene rings is 1. The third-order valence-electron chi connectivity index (χ3n) is 4.02. The number of ketones is 1. The highest BCUT2D eigenvalue weighted by Crippen LogP contribution is 2.22. The molecule has 1 amide bonds. The highest BCUT2D eigenvalue weighted by Gasteiger charge is 2.26. The van der Waals surface area contributed by atoms with Crippen molar-refractivity contribution in [2.24, 2.45) is 0 Å². The summed E-state index contributed by atoms with van der Waals surface area (Å²) in [4.78, 5) is 31.3. The largest absolute Gasteiger partial charge is 0.370 e. The summed E-state index contributed by atoms with van der Waals surface area (Å²) in [6.45, 7) is 3.29. The molecule has 2 aromatic heterocycles. The van der Waals surface area contributed by atoms with Crippen molar-refractivity contribution in [2.45, 2.75) is 32.5 Å². The molecule has 1 aliphatic heterocycles. The van der Waals surface area contributed by atoms with Crippen LogP contribution in [-0.2, 0) is 11.3 Å². The van der Waals surface area contributed by atoms with Crippen LogP contribution in [0.25, 0.3) is 0 Å². The maximum absolute atomic E-state index is 12.6. The van der Waals surface area contributed by atoms with Crippen molar-refractivity contribution in [1.82, 2.24) is 9.88 Å². The molecule has 1 fully saturated rings. The van der Waals surface area contributed by atoms with Crippen molar-refractivity contribution < 1.29 is 14.3 Å². The average Bonchev–Trinajstić information content (AvgIpc) is 3.11. The number of rotatable bonds is 5. The number of hydrogen-bond donors (Lipinski definition) is 0. The molecule has 5 nitrogen and oxygen atoms in total. The van der Waals surface area contributed by atoms with E-state index in [4.69, 9.17) is 4.74 Å². The van der Waals surface area contributed by atoms with Crippen LogP contribution in [0.2, 0.25) is 0 Å². The molecule has 3 heterocycles. The summed E-state index contributed by atoms with van der Waals surface area (Å²) in [6, 6.07) is 9.20. The Bertz CT molecular complexity index is 714. The van der Waals surface area contributed by atoms with Gasteiger partial charge in [-0.1, -0.05) is 6.07 Å². The Morgan fingerprint density at radius 1 is 1.29 bits per heavy atom. The van der Waals surface area contributed by atoms with E-state index in [9.17, 15) is 9.59 Å². The van der Waals surface area contributed by atoms with Gasteiger partial charge in [0.25, 0.3) is 5.91 Å². The van der Waals surface area contributed by atoms with Crippen LogP contribution in [0, 0.1) is 0 Å². The number of hydrogen-bond acceptors (Lipinski definition) is 5. The standard InChI is InChI=1S/C18H20N2O3S/c1-13(21)16-7-8-17(24-16)18(22)20-10-4-6-15(11-20)23-12-14-5-2-3-9-19-14/h2-3,5,7-9,15H,4,6,10-12H2,1H3/t15-/m0/s1. The molecule has 0 spiro atoms. The molecule has 0 radical (unpaired) electrons. The van der Waals surface area contributed by atoms with Crippen LogP contribution in [0.4, 0.5) is 0 Å². The number of amides is 1. The first-order valence-corrected chi connectivity index (χ1v) is 8.86. The first kappa shape index (κ1) is 16.8. The van der Waals surface area contributed by atoms with Gasteiger partial charge in [-0.15, -0.1) is 11.3 Å². The second-order valence-corrected chi connectivity index (χ2v) is 6.95. The van der Waals surface area contributed by atoms with Crippen LogP contribution in [0.5, 0.6) is 0 Å². The van der Waals surface area contributed by atoms with Gasteiger partial charge in [0.05, 0.1) is 28.2 Å². The fourth-order valence-electron chi connectivity index (χ4n) is 2.74. The lowest BCUT2D eigenvalue weighted by atomic mass is 10.1. The molecule has 24 heavy (non-hydrogen) atoms. The van der Waals surface area contributed by atoms with Crippen molar-refractivity contribution >= 4 is 23.0 Å². The number of pyridine rings is 1. The second-order valence-electron chi connectivity index (χ2n) is 5.87. The van der Waals surface area contributed by atoms with Gasteiger partial charge in [-0.2, -0.15) is 0 Å². The summed E-state index contributed by atoms with van der Waals surface area (Å²) >= 11 is 1.26. The summed E-state index contributed by atoms with van der Waals surface area (Å²) in [5, 5.41) is 0. The normalized spacial score (nSPS) is 17.7. The minimum atomic E-state index is -0.0152. The molecular weight excluding hydrogens is 324 g/mol. The van der Waals surface area contributed by atoms with Gasteiger partial charge in [0, 0.05) is 19.3 Å². The molecular formula is C18H20N2O3S. The average molecular weight is 344 g/mol. The Morgan fingerprint density at radius 2 is 2.12 bits per heavy atom. The van der Waals surface area contributed by atoms with Crippen LogP contribution in [0.15, 0.2) is 36.5 Å². The van der Waals surface area contributed by atoms with Crippen LogP contribution in [0.1, 0.15) is 44.8 Å². The first-order valence-electron chi connectivity index (χ1n) is 8.05. The van der Waals surface area contributed by atoms with E-state index in [0.29, 0.717) is 22.9 Å². The zero-order chi connectivity index (χ0) is 16.9. The fourth-order valence-corrected chi connectivity index (χ4v) is 3.61. The maximum Gasteiger partial charge on any atom is 0.264 e. The van der Waals surface area contributed by atoms with E-state index in [0.717, 1.165) is 25.1 Å². The predicted octanol–water partition coefficient (Wildman–Crippen LogP) is 3.17. The maximum atomic E-state index is 12.6. The van der Waals surface area contributed by atoms with Crippen molar-refractivity contribution in [3.05, 3.63) is 52.0 Å². The van der Waals surface area contributed by atoms with Gasteiger partial charge in [-0.3, -0.25) is 14.6 Å². The van der Waals surface area contributed by atoms with Crippen LogP contribution < -0.4 is 0 Å². The fraction of sp³-hybridized carbons (Fsp3) is 0.389. The number of piperidine rings is 1. The summed E-state index contributed by atoms with van der Waals surface area (Å²) in [5.74, 6) is -0.0205. The smallest absolute Gasteiger partial charge is 0.264 e. The van der Waals surface area contributed by atoms with Crippen molar-refractivity contribution in [3.63, 3.8) is 0 Å². The van der Waals surface area contributed by atoms with Crippen LogP contribution in [0.3, 0.4) is 0 Å². The quantitative estimate of drug-likeness (QED) is 0.782. The van der Waals surface area contributed by atoms with E-state index < -0.39 is 0 Å². The van der Waals surface area contributed by atoms with E-state index in [1.165, 1.54) is 18.3 Å². The Morgan fingerprint density at radius 3 is 2.83 bits per heavy atom. The van der Waals surface area contributed by atoms with Gasteiger partial charge in [0.1, 0.15) is 0 Å². The Kier molecular flexibility index (Phi) is 5.37. The number of likely N-dealkylation sites (tertiary alicyclic amines) is 1. The third-order valence-corrected chi connectivity index (χ3v) is 5.20. The molecule has 0 aliphatic carbocycles. The third kappa shape index (κ3) is 4.07. The Balaban J connectivity index is 1.58. The topological polar surface area (TPSA) is 59.5 Å². The molecule has 3 rings (SSSR count). The van der Waals surface area contributed by atoms with Gasteiger partial charge in [-0.25, -0.2) is 0 Å². The highest BCUT2D eigenvalue weighted by molar-refractivity contribution is 7.15. The van der Waals surface area contributed by atoms with Gasteiger partial charge >= 0.3 is 0 Å². The van der Waals surface area contributed by atoms with Crippen molar-refractivity contribution in [3.8, 4) is 0 Å². The van der Waals surface area contributed by atoms with E-state index in [2.05, 4.69) is 4.98 Å². The molecule has 6 heteroatoms. The Hall–Kier alpha value is -2.05. The lowest BCUT2D eigenvalue weighted by molar-refractivity contribution is -0.00771. The van der Waals surface area contributed by atoms with Gasteiger partial charge < -0.3 is 9.64 Å². The molecule has 0 unspecified atom stereocenters. The molecule has 126 valence electrons. The summed E-state index contributed by atoms with van der Waals surface area (Å²) < 4.78 is 5.92. The van der Waals surface area contributed by atoms with Crippen molar-refractivity contribution in [1.29, 1.82) is 0 Å². The second kappa shape index (κ2) is 7.68. The molecule has 2 aromatic rings. The Labute approximate surface area is 145 Å². The van der Waals surface area contributed by atoms with Crippen molar-refractivity contribution in [2.75, 3.05) is 13.1 Å². The minimum absolute atomic E-state index is 0.00531. The number of aromatic nitrogens is 1. The monoisotopic (exact) mass is 344 g/mol. The number of nitrogens with zero attached hydrogens (tertiary/aromatic N) is 2. The SMILES string of the molecule is CC(=O)c1ccc(C(=O)N2CCC[C@H](OCc3ccccn3)C2)s1. The van der Waals surface area contributed by atoms with E-state index in [1.54, 1.807) is 18.3 Å². The molecule has 0 bridgehead atoms. The molecule has 0 aromatic carbocycles. The van der Waals surface area contributed by atoms with E-state index in [-0.39, 0.29) is 17.8 Å². The minimum Gasteiger partial charge on any atom is -0.370 e. The predicted molar refractivity (Wildman–Crippen MR) is 92.3 cm³/mol. The van der Waals surface area contributed by atoms with Crippen LogP contribution in [-0.4, -0.2) is 40.8 Å². The van der Waals surface area contributed by atoms with E-state index >= 15 is 0 Å². The van der Waals surface area contributed by atoms with Gasteiger partial charge in [0.15, 0.2) is 5.78 Å². The molecule has 1 atom stereocenters. The zero-order valence-electron chi connectivity index (χ0n) is 13.6. The molecule has 0 N–H and O–H groups in total. The van der Waals surface area contributed by atoms with E-state index in [1.807, 2.05) is 23.1 Å². The number of ether oxygens (including phenoxy) is 1. The molecule has 1 aliphatic rings. The molecule has 1 saturated heterocycles. The van der Waals surface area contributed by atoms with Crippen LogP contribution >= 0.6 is 11.3 Å². The summed E-state index contributed by atoms with van der Waals surface area (Å²) in [7, 11) is 0. The number of Topliss-reactive ketones (excluding diaryl/α,β-unsaturated/α-hetero) is 1. The van der Waals surface area contributed by atoms with Gasteiger partial charge in [-0.05, 0) is 44.0 Å². The molecule has 0 saturated carbocycles. The lowest BCUT2D eigenvalue weighted by Crippen LogP contribution is -2.43. The number of carbonyl (C=O) groups excluding carboxylic acids is 2. The summed E-state index contributed by atoms with van der Waals surface area (Å²) in [5.41, 5.74) is 0.894. The number of carbonyl (C=O) groups is 2. The van der Waals surface area contributed by atoms with Gasteiger partial charge in [0.2, 0.25) is 0 Å². The first-order chi connectivity index (χ1) is 11.6. The highest BCUT2D eigenvalue weighted by atomic mass is 32.1. The lowest BCUT2D eigenvalue weighted by Gasteiger charge is -2.32. The zero-order valence-corrected chi connectivity index (χ0v) is 14.4. The summed E-state index contributed by atoms with van der Waals surface area (Å²) in [6.07, 6.45) is 3.64.